The fourth-order valence-electron chi connectivity index (χ4n) is 4.47. The molecule has 1 aliphatic heterocycles. The van der Waals surface area contributed by atoms with E-state index >= 15 is 0 Å². The average Bonchev–Trinajstić information content (AvgIpc) is 3.57. The van der Waals surface area contributed by atoms with Gasteiger partial charge in [0.25, 0.3) is 0 Å². The maximum atomic E-state index is 10.5. The van der Waals surface area contributed by atoms with Gasteiger partial charge in [-0.2, -0.15) is 0 Å². The van der Waals surface area contributed by atoms with Crippen molar-refractivity contribution in [1.82, 2.24) is 0 Å². The van der Waals surface area contributed by atoms with Gasteiger partial charge in [0.05, 0.1) is 6.61 Å². The van der Waals surface area contributed by atoms with Crippen LogP contribution in [0.2, 0.25) is 0 Å². The van der Waals surface area contributed by atoms with E-state index in [1.54, 1.807) is 0 Å². The van der Waals surface area contributed by atoms with Gasteiger partial charge in [0.15, 0.2) is 0 Å². The fourth-order valence-corrected chi connectivity index (χ4v) is 4.47. The van der Waals surface area contributed by atoms with E-state index in [4.69, 9.17) is 4.74 Å². The van der Waals surface area contributed by atoms with Gasteiger partial charge in [0.1, 0.15) is 30.5 Å². The Morgan fingerprint density at radius 1 is 0.903 bits per heavy atom. The summed E-state index contributed by atoms with van der Waals surface area (Å²) in [6, 6.07) is 14.8. The monoisotopic (exact) mass is 426 g/mol. The zero-order valence-corrected chi connectivity index (χ0v) is 18.5. The van der Waals surface area contributed by atoms with Gasteiger partial charge in [-0.1, -0.05) is 63.2 Å². The molecule has 0 radical (unpaired) electrons. The summed E-state index contributed by atoms with van der Waals surface area (Å²) in [6.45, 7) is 6.19. The first-order valence-corrected chi connectivity index (χ1v) is 11.2. The number of aliphatic hydroxyl groups is 4. The van der Waals surface area contributed by atoms with Crippen LogP contribution >= 0.6 is 0 Å². The summed E-state index contributed by atoms with van der Waals surface area (Å²) in [7, 11) is 0. The van der Waals surface area contributed by atoms with Gasteiger partial charge in [0.2, 0.25) is 0 Å². The van der Waals surface area contributed by atoms with Crippen LogP contribution in [0.3, 0.4) is 0 Å². The molecule has 4 N–H and O–H groups in total. The minimum Gasteiger partial charge on any atom is -0.394 e. The first-order chi connectivity index (χ1) is 14.7. The molecule has 5 nitrogen and oxygen atoms in total. The molecule has 1 heterocycles. The highest BCUT2D eigenvalue weighted by Gasteiger charge is 2.44. The lowest BCUT2D eigenvalue weighted by molar-refractivity contribution is -0.231. The number of aliphatic hydroxyl groups excluding tert-OH is 4. The van der Waals surface area contributed by atoms with Gasteiger partial charge in [-0.05, 0) is 58.4 Å². The number of benzene rings is 2. The molecular weight excluding hydrogens is 392 g/mol. The van der Waals surface area contributed by atoms with E-state index in [-0.39, 0.29) is 5.41 Å². The van der Waals surface area contributed by atoms with Crippen LogP contribution in [-0.2, 0) is 16.6 Å². The molecule has 0 bridgehead atoms. The molecule has 1 saturated carbocycles. The molecule has 4 rings (SSSR count). The molecule has 168 valence electrons. The highest BCUT2D eigenvalue weighted by Crippen LogP contribution is 2.43. The van der Waals surface area contributed by atoms with Crippen LogP contribution in [0.5, 0.6) is 0 Å². The third-order valence-electron chi connectivity index (χ3n) is 6.62. The van der Waals surface area contributed by atoms with Crippen LogP contribution in [-0.4, -0.2) is 51.4 Å². The lowest BCUT2D eigenvalue weighted by atomic mass is 9.85. The van der Waals surface area contributed by atoms with Gasteiger partial charge < -0.3 is 25.2 Å². The third kappa shape index (κ3) is 4.71. The van der Waals surface area contributed by atoms with E-state index < -0.39 is 37.1 Å². The lowest BCUT2D eigenvalue weighted by Gasteiger charge is -2.40. The van der Waals surface area contributed by atoms with Crippen LogP contribution in [0, 0.1) is 0 Å². The SMILES string of the molecule is CC(C)(C)c1ccc(Cc2cc([C@@H]3O[C@H](CO)[C@@H](O)[C@H](O)[C@H]3O)ccc2C2CC2)cc1. The van der Waals surface area contributed by atoms with E-state index in [2.05, 4.69) is 57.2 Å². The van der Waals surface area contributed by atoms with Crippen molar-refractivity contribution in [3.05, 3.63) is 70.3 Å². The van der Waals surface area contributed by atoms with Crippen molar-refractivity contribution in [2.75, 3.05) is 6.61 Å². The molecule has 0 amide bonds. The molecule has 2 aliphatic rings. The Balaban J connectivity index is 1.63. The molecule has 2 aromatic carbocycles. The number of rotatable bonds is 5. The molecule has 0 aromatic heterocycles. The number of hydrogen-bond acceptors (Lipinski definition) is 5. The summed E-state index contributed by atoms with van der Waals surface area (Å²) in [5, 5.41) is 40.3. The topological polar surface area (TPSA) is 90.2 Å². The van der Waals surface area contributed by atoms with Crippen LogP contribution in [0.1, 0.15) is 73.5 Å². The average molecular weight is 427 g/mol. The van der Waals surface area contributed by atoms with Gasteiger partial charge >= 0.3 is 0 Å². The second kappa shape index (κ2) is 8.64. The maximum Gasteiger partial charge on any atom is 0.113 e. The highest BCUT2D eigenvalue weighted by molar-refractivity contribution is 5.42. The second-order valence-corrected chi connectivity index (χ2v) is 10.1. The van der Waals surface area contributed by atoms with E-state index in [1.807, 2.05) is 6.07 Å². The fraction of sp³-hybridized carbons (Fsp3) is 0.538. The number of hydrogen-bond donors (Lipinski definition) is 4. The molecule has 2 fully saturated rings. The molecule has 31 heavy (non-hydrogen) atoms. The van der Waals surface area contributed by atoms with Gasteiger partial charge in [-0.15, -0.1) is 0 Å². The molecule has 1 aliphatic carbocycles. The Bertz CT molecular complexity index is 895. The van der Waals surface area contributed by atoms with Gasteiger partial charge in [0, 0.05) is 0 Å². The summed E-state index contributed by atoms with van der Waals surface area (Å²) in [6.07, 6.45) is -2.52. The van der Waals surface area contributed by atoms with Crippen LogP contribution in [0.4, 0.5) is 0 Å². The Morgan fingerprint density at radius 2 is 1.58 bits per heavy atom. The Hall–Kier alpha value is -1.76. The third-order valence-corrected chi connectivity index (χ3v) is 6.62. The molecule has 0 unspecified atom stereocenters. The van der Waals surface area contributed by atoms with E-state index in [9.17, 15) is 20.4 Å². The normalized spacial score (nSPS) is 29.2. The smallest absolute Gasteiger partial charge is 0.113 e. The minimum absolute atomic E-state index is 0.112. The van der Waals surface area contributed by atoms with Gasteiger partial charge in [-0.3, -0.25) is 0 Å². The van der Waals surface area contributed by atoms with Crippen molar-refractivity contribution in [1.29, 1.82) is 0 Å². The standard InChI is InChI=1S/C26H34O5/c1-26(2,3)19-9-4-15(5-10-19)12-18-13-17(8-11-20(18)16-6-7-16)25-24(30)23(29)22(28)21(14-27)31-25/h4-5,8-11,13,16,21-25,27-30H,6-7,12,14H2,1-3H3/t21-,22-,23+,24-,25+/m1/s1. The lowest BCUT2D eigenvalue weighted by Crippen LogP contribution is -2.55. The predicted octanol–water partition coefficient (Wildman–Crippen LogP) is 2.97. The molecule has 0 spiro atoms. The van der Waals surface area contributed by atoms with Crippen molar-refractivity contribution in [2.24, 2.45) is 0 Å². The molecule has 1 saturated heterocycles. The van der Waals surface area contributed by atoms with E-state index in [0.29, 0.717) is 5.92 Å². The van der Waals surface area contributed by atoms with Crippen LogP contribution in [0.15, 0.2) is 42.5 Å². The quantitative estimate of drug-likeness (QED) is 0.590. The molecular formula is C26H34O5. The zero-order chi connectivity index (χ0) is 22.3. The van der Waals surface area contributed by atoms with Crippen LogP contribution in [0.25, 0.3) is 0 Å². The summed E-state index contributed by atoms with van der Waals surface area (Å²) >= 11 is 0. The minimum atomic E-state index is -1.37. The molecule has 5 heteroatoms. The Labute approximate surface area is 184 Å². The summed E-state index contributed by atoms with van der Waals surface area (Å²) in [5.41, 5.74) is 5.91. The Kier molecular flexibility index (Phi) is 6.25. The largest absolute Gasteiger partial charge is 0.394 e. The van der Waals surface area contributed by atoms with E-state index in [1.165, 1.54) is 35.1 Å². The van der Waals surface area contributed by atoms with Crippen molar-refractivity contribution < 1.29 is 25.2 Å². The molecule has 5 atom stereocenters. The van der Waals surface area contributed by atoms with E-state index in [0.717, 1.165) is 12.0 Å². The van der Waals surface area contributed by atoms with Gasteiger partial charge in [-0.25, -0.2) is 0 Å². The first kappa shape index (κ1) is 22.4. The predicted molar refractivity (Wildman–Crippen MR) is 119 cm³/mol. The van der Waals surface area contributed by atoms with Crippen molar-refractivity contribution in [3.63, 3.8) is 0 Å². The van der Waals surface area contributed by atoms with Crippen molar-refractivity contribution in [2.45, 2.75) is 81.9 Å². The maximum absolute atomic E-state index is 10.5. The van der Waals surface area contributed by atoms with Crippen LogP contribution < -0.4 is 0 Å². The summed E-state index contributed by atoms with van der Waals surface area (Å²) in [4.78, 5) is 0. The molecule has 2 aromatic rings. The van der Waals surface area contributed by atoms with Crippen molar-refractivity contribution in [3.8, 4) is 0 Å². The van der Waals surface area contributed by atoms with Crippen molar-refractivity contribution >= 4 is 0 Å². The highest BCUT2D eigenvalue weighted by atomic mass is 16.5. The second-order valence-electron chi connectivity index (χ2n) is 10.1. The first-order valence-electron chi connectivity index (χ1n) is 11.2. The summed E-state index contributed by atoms with van der Waals surface area (Å²) < 4.78 is 5.78. The Morgan fingerprint density at radius 3 is 2.16 bits per heavy atom. The zero-order valence-electron chi connectivity index (χ0n) is 18.5. The summed E-state index contributed by atoms with van der Waals surface area (Å²) in [5.74, 6) is 0.577. The number of ether oxygens (including phenoxy) is 1.